The number of carboxylic acid groups (broad SMARTS) is 1. The number of carbonyl (C=O) groups is 2. The Bertz CT molecular complexity index is 345. The lowest BCUT2D eigenvalue weighted by Gasteiger charge is -2.28. The summed E-state index contributed by atoms with van der Waals surface area (Å²) in [5.74, 6) is -1.71. The molecule has 4 atom stereocenters. The molecule has 5 nitrogen and oxygen atoms in total. The van der Waals surface area contributed by atoms with Crippen LogP contribution in [-0.4, -0.2) is 39.2 Å². The van der Waals surface area contributed by atoms with E-state index >= 15 is 0 Å². The topological polar surface area (TPSA) is 83.5 Å². The van der Waals surface area contributed by atoms with Gasteiger partial charge in [-0.25, -0.2) is 0 Å². The Morgan fingerprint density at radius 2 is 1.89 bits per heavy atom. The molecule has 2 unspecified atom stereocenters. The number of carboxylic acids is 1. The first-order valence-corrected chi connectivity index (χ1v) is 7.97. The summed E-state index contributed by atoms with van der Waals surface area (Å²) in [6, 6.07) is -0.181. The van der Waals surface area contributed by atoms with Gasteiger partial charge in [0.25, 0.3) is 0 Å². The molecule has 0 bridgehead atoms. The van der Waals surface area contributed by atoms with Crippen LogP contribution in [0.15, 0.2) is 0 Å². The average Bonchev–Trinajstić information content (AvgIpc) is 2.27. The third kappa shape index (κ3) is 4.40. The van der Waals surface area contributed by atoms with Crippen LogP contribution in [0.5, 0.6) is 0 Å². The van der Waals surface area contributed by atoms with Crippen molar-refractivity contribution in [2.75, 3.05) is 12.0 Å². The molecule has 0 aromatic rings. The summed E-state index contributed by atoms with van der Waals surface area (Å²) in [5, 5.41) is 11.9. The molecule has 0 aromatic carbocycles. The largest absolute Gasteiger partial charge is 0.481 e. The highest BCUT2D eigenvalue weighted by molar-refractivity contribution is 7.84. The number of carbonyl (C=O) groups excluding carboxylic acids is 1. The van der Waals surface area contributed by atoms with Crippen molar-refractivity contribution >= 4 is 22.7 Å². The van der Waals surface area contributed by atoms with E-state index in [4.69, 9.17) is 5.11 Å². The molecule has 1 aliphatic carbocycles. The Kier molecular flexibility index (Phi) is 5.78. The highest BCUT2D eigenvalue weighted by atomic mass is 32.2. The molecule has 2 N–H and O–H groups in total. The number of hydrogen-bond donors (Lipinski definition) is 2. The van der Waals surface area contributed by atoms with Gasteiger partial charge in [0.1, 0.15) is 0 Å². The van der Waals surface area contributed by atoms with Crippen molar-refractivity contribution in [1.82, 2.24) is 5.32 Å². The van der Waals surface area contributed by atoms with Crippen LogP contribution in [0.2, 0.25) is 0 Å². The van der Waals surface area contributed by atoms with Crippen LogP contribution in [0.1, 0.15) is 32.6 Å². The Morgan fingerprint density at radius 3 is 2.39 bits per heavy atom. The lowest BCUT2D eigenvalue weighted by atomic mass is 9.78. The Labute approximate surface area is 110 Å². The van der Waals surface area contributed by atoms with Crippen molar-refractivity contribution in [3.05, 3.63) is 0 Å². The lowest BCUT2D eigenvalue weighted by Crippen LogP contribution is -2.44. The highest BCUT2D eigenvalue weighted by Gasteiger charge is 2.35. The standard InChI is InChI=1S/C12H21NO4S/c1-8(7-18(2)17)13-11(14)9-5-3-4-6-10(9)12(15)16/h8-10H,3-7H2,1-2H3,(H,13,14)(H,15,16)/t8?,9-,10+,18?/m1/s1. The lowest BCUT2D eigenvalue weighted by molar-refractivity contribution is -0.149. The molecule has 18 heavy (non-hydrogen) atoms. The fourth-order valence-corrected chi connectivity index (χ4v) is 3.27. The van der Waals surface area contributed by atoms with Gasteiger partial charge < -0.3 is 10.4 Å². The Morgan fingerprint density at radius 1 is 1.33 bits per heavy atom. The first-order valence-electron chi connectivity index (χ1n) is 6.25. The van der Waals surface area contributed by atoms with Crippen molar-refractivity contribution in [3.63, 3.8) is 0 Å². The molecule has 1 aliphatic rings. The number of rotatable bonds is 5. The third-order valence-electron chi connectivity index (χ3n) is 3.29. The van der Waals surface area contributed by atoms with Crippen LogP contribution >= 0.6 is 0 Å². The molecule has 0 spiro atoms. The predicted octanol–water partition coefficient (Wildman–Crippen LogP) is 0.761. The van der Waals surface area contributed by atoms with E-state index in [1.165, 1.54) is 0 Å². The molecule has 104 valence electrons. The summed E-state index contributed by atoms with van der Waals surface area (Å²) in [6.07, 6.45) is 4.56. The summed E-state index contributed by atoms with van der Waals surface area (Å²) in [7, 11) is -0.966. The van der Waals surface area contributed by atoms with Gasteiger partial charge in [0, 0.05) is 28.9 Å². The van der Waals surface area contributed by atoms with Crippen molar-refractivity contribution in [1.29, 1.82) is 0 Å². The highest BCUT2D eigenvalue weighted by Crippen LogP contribution is 2.30. The Balaban J connectivity index is 2.58. The van der Waals surface area contributed by atoms with Crippen LogP contribution in [-0.2, 0) is 20.4 Å². The summed E-state index contributed by atoms with van der Waals surface area (Å²) in [4.78, 5) is 23.1. The number of amides is 1. The summed E-state index contributed by atoms with van der Waals surface area (Å²) in [5.41, 5.74) is 0. The molecule has 1 saturated carbocycles. The van der Waals surface area contributed by atoms with Crippen molar-refractivity contribution in [2.45, 2.75) is 38.6 Å². The van der Waals surface area contributed by atoms with Gasteiger partial charge >= 0.3 is 5.97 Å². The first kappa shape index (κ1) is 15.1. The smallest absolute Gasteiger partial charge is 0.307 e. The van der Waals surface area contributed by atoms with Crippen LogP contribution in [0.4, 0.5) is 0 Å². The third-order valence-corrected chi connectivity index (χ3v) is 4.26. The van der Waals surface area contributed by atoms with E-state index < -0.39 is 28.6 Å². The second-order valence-electron chi connectivity index (χ2n) is 4.99. The first-order chi connectivity index (χ1) is 8.41. The maximum Gasteiger partial charge on any atom is 0.307 e. The van der Waals surface area contributed by atoms with E-state index in [1.807, 2.05) is 0 Å². The van der Waals surface area contributed by atoms with E-state index in [0.29, 0.717) is 18.6 Å². The molecule has 0 aromatic heterocycles. The van der Waals surface area contributed by atoms with Crippen LogP contribution in [0.3, 0.4) is 0 Å². The van der Waals surface area contributed by atoms with Gasteiger partial charge in [-0.2, -0.15) is 0 Å². The quantitative estimate of drug-likeness (QED) is 0.776. The summed E-state index contributed by atoms with van der Waals surface area (Å²) in [6.45, 7) is 1.79. The Hall–Kier alpha value is -0.910. The minimum absolute atomic E-state index is 0.181. The van der Waals surface area contributed by atoms with Gasteiger partial charge in [0.2, 0.25) is 5.91 Å². The molecule has 0 aliphatic heterocycles. The number of nitrogens with one attached hydrogen (secondary N) is 1. The fourth-order valence-electron chi connectivity index (χ4n) is 2.48. The summed E-state index contributed by atoms with van der Waals surface area (Å²) < 4.78 is 11.1. The average molecular weight is 275 g/mol. The van der Waals surface area contributed by atoms with Gasteiger partial charge in [0.15, 0.2) is 0 Å². The number of hydrogen-bond acceptors (Lipinski definition) is 3. The van der Waals surface area contributed by atoms with Crippen molar-refractivity contribution in [3.8, 4) is 0 Å². The van der Waals surface area contributed by atoms with E-state index in [-0.39, 0.29) is 11.9 Å². The van der Waals surface area contributed by atoms with Crippen LogP contribution < -0.4 is 5.32 Å². The van der Waals surface area contributed by atoms with Gasteiger partial charge in [-0.15, -0.1) is 0 Å². The van der Waals surface area contributed by atoms with E-state index in [9.17, 15) is 13.8 Å². The van der Waals surface area contributed by atoms with Crippen LogP contribution in [0, 0.1) is 11.8 Å². The molecule has 6 heteroatoms. The monoisotopic (exact) mass is 275 g/mol. The van der Waals surface area contributed by atoms with Gasteiger partial charge in [-0.05, 0) is 19.8 Å². The van der Waals surface area contributed by atoms with Gasteiger partial charge in [-0.1, -0.05) is 12.8 Å². The van der Waals surface area contributed by atoms with E-state index in [1.54, 1.807) is 13.2 Å². The molecule has 1 fully saturated rings. The second kappa shape index (κ2) is 6.87. The van der Waals surface area contributed by atoms with Crippen molar-refractivity contribution in [2.24, 2.45) is 11.8 Å². The zero-order valence-electron chi connectivity index (χ0n) is 10.8. The second-order valence-corrected chi connectivity index (χ2v) is 6.46. The number of aliphatic carboxylic acids is 1. The zero-order valence-corrected chi connectivity index (χ0v) is 11.7. The van der Waals surface area contributed by atoms with Crippen LogP contribution in [0.25, 0.3) is 0 Å². The maximum absolute atomic E-state index is 12.0. The zero-order chi connectivity index (χ0) is 13.7. The summed E-state index contributed by atoms with van der Waals surface area (Å²) >= 11 is 0. The fraction of sp³-hybridized carbons (Fsp3) is 0.833. The minimum Gasteiger partial charge on any atom is -0.481 e. The normalized spacial score (nSPS) is 27.2. The maximum atomic E-state index is 12.0. The molecular formula is C12H21NO4S. The molecule has 0 heterocycles. The predicted molar refractivity (Wildman–Crippen MR) is 69.6 cm³/mol. The van der Waals surface area contributed by atoms with Gasteiger partial charge in [0.05, 0.1) is 11.8 Å². The molecular weight excluding hydrogens is 254 g/mol. The minimum atomic E-state index is -0.966. The molecule has 0 saturated heterocycles. The molecule has 1 amide bonds. The van der Waals surface area contributed by atoms with E-state index in [0.717, 1.165) is 12.8 Å². The SMILES string of the molecule is CC(CS(C)=O)NC(=O)[C@@H]1CCCC[C@@H]1C(=O)O. The molecule has 0 radical (unpaired) electrons. The van der Waals surface area contributed by atoms with E-state index in [2.05, 4.69) is 5.32 Å². The van der Waals surface area contributed by atoms with Gasteiger partial charge in [-0.3, -0.25) is 13.8 Å². The van der Waals surface area contributed by atoms with Crippen molar-refractivity contribution < 1.29 is 18.9 Å². The molecule has 1 rings (SSSR count).